The van der Waals surface area contributed by atoms with Crippen molar-refractivity contribution in [2.45, 2.75) is 50.8 Å². The molecule has 6 nitrogen and oxygen atoms in total. The highest BCUT2D eigenvalue weighted by Gasteiger charge is 2.52. The Bertz CT molecular complexity index is 627. The third-order valence-electron chi connectivity index (χ3n) is 3.81. The van der Waals surface area contributed by atoms with Gasteiger partial charge in [0.2, 0.25) is 0 Å². The second kappa shape index (κ2) is 4.52. The van der Waals surface area contributed by atoms with Crippen molar-refractivity contribution in [3.8, 4) is 0 Å². The van der Waals surface area contributed by atoms with Gasteiger partial charge in [0.05, 0.1) is 11.2 Å². The van der Waals surface area contributed by atoms with Gasteiger partial charge in [0, 0.05) is 11.2 Å². The van der Waals surface area contributed by atoms with Gasteiger partial charge in [-0.05, 0) is 40.7 Å². The summed E-state index contributed by atoms with van der Waals surface area (Å²) in [6, 6.07) is 3.33. The molecule has 1 aromatic rings. The van der Waals surface area contributed by atoms with Gasteiger partial charge < -0.3 is 9.31 Å². The predicted octanol–water partition coefficient (Wildman–Crippen LogP) is 0.337. The quantitative estimate of drug-likeness (QED) is 0.795. The lowest BCUT2D eigenvalue weighted by Gasteiger charge is -2.32. The molecular weight excluding hydrogens is 279 g/mol. The fourth-order valence-electron chi connectivity index (χ4n) is 1.92. The molecule has 110 valence electrons. The zero-order valence-electron chi connectivity index (χ0n) is 12.3. The molecule has 2 rings (SSSR count). The van der Waals surface area contributed by atoms with Crippen LogP contribution in [0.15, 0.2) is 17.2 Å². The first-order valence-corrected chi connectivity index (χ1v) is 7.85. The van der Waals surface area contributed by atoms with Crippen LogP contribution in [0.5, 0.6) is 0 Å². The number of rotatable bonds is 2. The summed E-state index contributed by atoms with van der Waals surface area (Å²) >= 11 is 0. The van der Waals surface area contributed by atoms with E-state index in [1.807, 2.05) is 27.7 Å². The number of hydrogen-bond donors (Lipinski definition) is 1. The number of sulfonamides is 1. The van der Waals surface area contributed by atoms with Gasteiger partial charge >= 0.3 is 7.12 Å². The molecule has 1 aliphatic heterocycles. The third kappa shape index (κ3) is 2.60. The first kappa shape index (κ1) is 15.4. The summed E-state index contributed by atoms with van der Waals surface area (Å²) in [6.45, 7) is 9.27. The van der Waals surface area contributed by atoms with Crippen LogP contribution in [0.3, 0.4) is 0 Å². The number of aromatic nitrogens is 1. The van der Waals surface area contributed by atoms with Crippen LogP contribution in [0.25, 0.3) is 0 Å². The third-order valence-corrected chi connectivity index (χ3v) is 4.67. The summed E-state index contributed by atoms with van der Waals surface area (Å²) in [5.74, 6) is 0. The maximum atomic E-state index is 11.7. The highest BCUT2D eigenvalue weighted by atomic mass is 32.2. The zero-order chi connectivity index (χ0) is 15.3. The lowest BCUT2D eigenvalue weighted by Crippen LogP contribution is -2.41. The molecular formula is C12H19BN2O4S. The van der Waals surface area contributed by atoms with Crippen LogP contribution < -0.4 is 10.6 Å². The summed E-state index contributed by atoms with van der Waals surface area (Å²) < 4.78 is 35.1. The van der Waals surface area contributed by atoms with Crippen LogP contribution in [-0.4, -0.2) is 31.7 Å². The molecule has 2 N–H and O–H groups in total. The van der Waals surface area contributed by atoms with Crippen LogP contribution >= 0.6 is 0 Å². The Morgan fingerprint density at radius 1 is 1.15 bits per heavy atom. The van der Waals surface area contributed by atoms with Gasteiger partial charge in [0.15, 0.2) is 5.03 Å². The minimum Gasteiger partial charge on any atom is -0.399 e. The van der Waals surface area contributed by atoms with E-state index in [0.717, 1.165) is 0 Å². The Kier molecular flexibility index (Phi) is 3.49. The summed E-state index contributed by atoms with van der Waals surface area (Å²) in [7, 11) is -4.74. The molecule has 0 atom stereocenters. The molecule has 8 heteroatoms. The highest BCUT2D eigenvalue weighted by Crippen LogP contribution is 2.36. The van der Waals surface area contributed by atoms with E-state index < -0.39 is 28.3 Å². The van der Waals surface area contributed by atoms with Crippen LogP contribution in [-0.2, 0) is 19.3 Å². The SMILES string of the molecule is Cc1ccc(B2OC(C)(C)C(C)(C)O2)c(S(N)(=O)=O)n1. The Morgan fingerprint density at radius 2 is 1.65 bits per heavy atom. The van der Waals surface area contributed by atoms with E-state index in [2.05, 4.69) is 4.98 Å². The van der Waals surface area contributed by atoms with Gasteiger partial charge in [0.25, 0.3) is 10.0 Å². The smallest absolute Gasteiger partial charge is 0.399 e. The van der Waals surface area contributed by atoms with Crippen molar-refractivity contribution >= 4 is 22.6 Å². The fraction of sp³-hybridized carbons (Fsp3) is 0.583. The molecule has 1 saturated heterocycles. The molecule has 20 heavy (non-hydrogen) atoms. The number of pyridine rings is 1. The number of primary sulfonamides is 1. The van der Waals surface area contributed by atoms with Gasteiger partial charge in [-0.25, -0.2) is 18.5 Å². The van der Waals surface area contributed by atoms with E-state index in [-0.39, 0.29) is 5.03 Å². The van der Waals surface area contributed by atoms with Crippen LogP contribution in [0.4, 0.5) is 0 Å². The first-order valence-electron chi connectivity index (χ1n) is 6.30. The van der Waals surface area contributed by atoms with Crippen molar-refractivity contribution in [3.05, 3.63) is 17.8 Å². The van der Waals surface area contributed by atoms with Crippen LogP contribution in [0.1, 0.15) is 33.4 Å². The van der Waals surface area contributed by atoms with Gasteiger partial charge in [-0.2, -0.15) is 0 Å². The van der Waals surface area contributed by atoms with Crippen molar-refractivity contribution in [3.63, 3.8) is 0 Å². The van der Waals surface area contributed by atoms with Crippen molar-refractivity contribution in [2.24, 2.45) is 5.14 Å². The second-order valence-corrected chi connectivity index (χ2v) is 7.46. The number of nitrogens with two attached hydrogens (primary N) is 1. The molecule has 0 radical (unpaired) electrons. The highest BCUT2D eigenvalue weighted by molar-refractivity contribution is 7.89. The normalized spacial score (nSPS) is 21.2. The molecule has 0 aliphatic carbocycles. The average molecular weight is 298 g/mol. The summed E-state index contributed by atoms with van der Waals surface area (Å²) in [4.78, 5) is 4.01. The molecule has 2 heterocycles. The van der Waals surface area contributed by atoms with Crippen molar-refractivity contribution in [2.75, 3.05) is 0 Å². The maximum absolute atomic E-state index is 11.7. The van der Waals surface area contributed by atoms with Crippen LogP contribution in [0.2, 0.25) is 0 Å². The van der Waals surface area contributed by atoms with E-state index in [4.69, 9.17) is 14.4 Å². The topological polar surface area (TPSA) is 91.5 Å². The summed E-state index contributed by atoms with van der Waals surface area (Å²) in [6.07, 6.45) is 0. The Balaban J connectivity index is 2.51. The van der Waals surface area contributed by atoms with E-state index >= 15 is 0 Å². The van der Waals surface area contributed by atoms with Crippen LogP contribution in [0, 0.1) is 6.92 Å². The van der Waals surface area contributed by atoms with Gasteiger partial charge in [-0.1, -0.05) is 6.07 Å². The average Bonchev–Trinajstić information content (AvgIpc) is 2.46. The minimum absolute atomic E-state index is 0.198. The molecule has 0 amide bonds. The minimum atomic E-state index is -3.94. The fourth-order valence-corrected chi connectivity index (χ4v) is 2.68. The lowest BCUT2D eigenvalue weighted by molar-refractivity contribution is 0.00578. The Labute approximate surface area is 119 Å². The second-order valence-electron chi connectivity index (χ2n) is 5.98. The molecule has 0 spiro atoms. The van der Waals surface area contributed by atoms with Crippen molar-refractivity contribution in [1.82, 2.24) is 4.98 Å². The molecule has 1 fully saturated rings. The summed E-state index contributed by atoms with van der Waals surface area (Å²) in [5, 5.41) is 5.03. The molecule has 1 aromatic heterocycles. The summed E-state index contributed by atoms with van der Waals surface area (Å²) in [5.41, 5.74) is -0.220. The number of nitrogens with zero attached hydrogens (tertiary/aromatic N) is 1. The van der Waals surface area contributed by atoms with Gasteiger partial charge in [-0.3, -0.25) is 0 Å². The maximum Gasteiger partial charge on any atom is 0.497 e. The van der Waals surface area contributed by atoms with Crippen molar-refractivity contribution < 1.29 is 17.7 Å². The van der Waals surface area contributed by atoms with Gasteiger partial charge in [-0.15, -0.1) is 0 Å². The molecule has 0 bridgehead atoms. The first-order chi connectivity index (χ1) is 8.94. The molecule has 0 saturated carbocycles. The number of aryl methyl sites for hydroxylation is 1. The Hall–Kier alpha value is -0.955. The molecule has 0 unspecified atom stereocenters. The molecule has 0 aromatic carbocycles. The predicted molar refractivity (Wildman–Crippen MR) is 76.1 cm³/mol. The lowest BCUT2D eigenvalue weighted by atomic mass is 9.80. The van der Waals surface area contributed by atoms with E-state index in [1.54, 1.807) is 19.1 Å². The van der Waals surface area contributed by atoms with E-state index in [9.17, 15) is 8.42 Å². The molecule has 1 aliphatic rings. The van der Waals surface area contributed by atoms with E-state index in [1.165, 1.54) is 0 Å². The van der Waals surface area contributed by atoms with Gasteiger partial charge in [0.1, 0.15) is 0 Å². The zero-order valence-corrected chi connectivity index (χ0v) is 13.1. The Morgan fingerprint density at radius 3 is 2.10 bits per heavy atom. The standard InChI is InChI=1S/C12H19BN2O4S/c1-8-6-7-9(10(15-8)20(14,16)17)13-18-11(2,3)12(4,5)19-13/h6-7H,1-5H3,(H2,14,16,17). The monoisotopic (exact) mass is 298 g/mol. The largest absolute Gasteiger partial charge is 0.497 e. The van der Waals surface area contributed by atoms with Crippen molar-refractivity contribution in [1.29, 1.82) is 0 Å². The number of hydrogen-bond acceptors (Lipinski definition) is 5. The van der Waals surface area contributed by atoms with E-state index in [0.29, 0.717) is 11.2 Å².